The quantitative estimate of drug-likeness (QED) is 0.559. The minimum atomic E-state index is -1.40. The van der Waals surface area contributed by atoms with Gasteiger partial charge in [0.05, 0.1) is 0 Å². The zero-order valence-corrected chi connectivity index (χ0v) is 18.4. The first-order valence-electron chi connectivity index (χ1n) is 11.1. The number of piperazine rings is 1. The second-order valence-electron chi connectivity index (χ2n) is 8.78. The van der Waals surface area contributed by atoms with Gasteiger partial charge in [0.1, 0.15) is 11.6 Å². The van der Waals surface area contributed by atoms with E-state index in [1.54, 1.807) is 24.3 Å². The number of ketones is 2. The Morgan fingerprint density at radius 2 is 1.48 bits per heavy atom. The molecule has 4 nitrogen and oxygen atoms in total. The molecule has 0 spiro atoms. The van der Waals surface area contributed by atoms with Crippen molar-refractivity contribution in [1.29, 1.82) is 0 Å². The van der Waals surface area contributed by atoms with E-state index in [9.17, 15) is 18.4 Å². The van der Waals surface area contributed by atoms with Crippen LogP contribution in [0, 0.1) is 18.6 Å². The Labute approximate surface area is 191 Å². The fourth-order valence-electron chi connectivity index (χ4n) is 5.12. The zero-order valence-electron chi connectivity index (χ0n) is 18.4. The van der Waals surface area contributed by atoms with E-state index in [4.69, 9.17) is 0 Å². The molecule has 33 heavy (non-hydrogen) atoms. The van der Waals surface area contributed by atoms with E-state index in [1.807, 2.05) is 41.0 Å². The lowest BCUT2D eigenvalue weighted by atomic mass is 9.82. The molecular formula is C27H24F2N2O2. The largest absolute Gasteiger partial charge is 0.296 e. The number of halogens is 2. The molecule has 1 heterocycles. The summed E-state index contributed by atoms with van der Waals surface area (Å²) in [5.74, 6) is -1.30. The highest BCUT2D eigenvalue weighted by atomic mass is 19.1. The summed E-state index contributed by atoms with van der Waals surface area (Å²) in [7, 11) is 0. The van der Waals surface area contributed by atoms with E-state index >= 15 is 0 Å². The molecule has 0 atom stereocenters. The van der Waals surface area contributed by atoms with Gasteiger partial charge >= 0.3 is 0 Å². The summed E-state index contributed by atoms with van der Waals surface area (Å²) < 4.78 is 27.7. The lowest BCUT2D eigenvalue weighted by Gasteiger charge is -2.44. The zero-order chi connectivity index (χ0) is 23.2. The average molecular weight is 446 g/mol. The Balaban J connectivity index is 1.47. The van der Waals surface area contributed by atoms with Crippen molar-refractivity contribution in [3.63, 3.8) is 0 Å². The highest BCUT2D eigenvalue weighted by Crippen LogP contribution is 2.43. The van der Waals surface area contributed by atoms with Gasteiger partial charge in [0.15, 0.2) is 17.1 Å². The van der Waals surface area contributed by atoms with Crippen LogP contribution in [0.1, 0.15) is 37.4 Å². The number of Topliss-reactive ketones (excluding diaryl/α,β-unsaturated/α-hetero) is 2. The first kappa shape index (κ1) is 21.6. The van der Waals surface area contributed by atoms with E-state index in [1.165, 1.54) is 6.07 Å². The first-order valence-corrected chi connectivity index (χ1v) is 11.1. The van der Waals surface area contributed by atoms with Crippen LogP contribution in [-0.2, 0) is 12.1 Å². The van der Waals surface area contributed by atoms with Crippen molar-refractivity contribution in [3.8, 4) is 0 Å². The van der Waals surface area contributed by atoms with Crippen molar-refractivity contribution in [3.05, 3.63) is 106 Å². The molecule has 1 fully saturated rings. The van der Waals surface area contributed by atoms with Gasteiger partial charge in [-0.3, -0.25) is 19.4 Å². The number of aryl methyl sites for hydroxylation is 1. The molecule has 1 aliphatic carbocycles. The van der Waals surface area contributed by atoms with Crippen LogP contribution >= 0.6 is 0 Å². The summed E-state index contributed by atoms with van der Waals surface area (Å²) in [6.45, 7) is 4.18. The number of carbonyl (C=O) groups excluding carboxylic acids is 2. The number of rotatable bonds is 4. The minimum absolute atomic E-state index is 0.196. The summed E-state index contributed by atoms with van der Waals surface area (Å²) in [4.78, 5) is 31.6. The maximum Gasteiger partial charge on any atom is 0.196 e. The monoisotopic (exact) mass is 446 g/mol. The summed E-state index contributed by atoms with van der Waals surface area (Å²) in [6.07, 6.45) is 0. The average Bonchev–Trinajstić information content (AvgIpc) is 3.05. The van der Waals surface area contributed by atoms with Gasteiger partial charge in [0.2, 0.25) is 0 Å². The summed E-state index contributed by atoms with van der Waals surface area (Å²) >= 11 is 0. The van der Waals surface area contributed by atoms with Crippen LogP contribution in [0.4, 0.5) is 8.78 Å². The number of carbonyl (C=O) groups is 2. The van der Waals surface area contributed by atoms with Gasteiger partial charge < -0.3 is 0 Å². The molecule has 0 bridgehead atoms. The minimum Gasteiger partial charge on any atom is -0.296 e. The van der Waals surface area contributed by atoms with Crippen molar-refractivity contribution in [2.45, 2.75) is 19.0 Å². The summed E-state index contributed by atoms with van der Waals surface area (Å²) in [6, 6.07) is 18.0. The van der Waals surface area contributed by atoms with E-state index < -0.39 is 17.2 Å². The van der Waals surface area contributed by atoms with Crippen LogP contribution in [0.3, 0.4) is 0 Å². The Hall–Kier alpha value is -3.22. The second kappa shape index (κ2) is 8.28. The van der Waals surface area contributed by atoms with Crippen molar-refractivity contribution in [1.82, 2.24) is 9.80 Å². The maximum atomic E-state index is 14.1. The third-order valence-corrected chi connectivity index (χ3v) is 6.76. The number of hydrogen-bond donors (Lipinski definition) is 0. The number of benzene rings is 3. The topological polar surface area (TPSA) is 40.6 Å². The Bertz CT molecular complexity index is 1210. The molecule has 2 aliphatic rings. The SMILES string of the molecule is Cc1cccc(C2(N3CCN(Cc4cc(F)ccc4F)CC3)C(=O)c3ccccc3C2=O)c1. The lowest BCUT2D eigenvalue weighted by Crippen LogP contribution is -2.60. The van der Waals surface area contributed by atoms with Crippen LogP contribution in [0.25, 0.3) is 0 Å². The predicted molar refractivity (Wildman–Crippen MR) is 121 cm³/mol. The van der Waals surface area contributed by atoms with Crippen molar-refractivity contribution in [2.75, 3.05) is 26.2 Å². The molecule has 0 saturated carbocycles. The molecule has 6 heteroatoms. The molecular weight excluding hydrogens is 422 g/mol. The normalized spacial score (nSPS) is 18.5. The Morgan fingerprint density at radius 3 is 2.12 bits per heavy atom. The third kappa shape index (κ3) is 3.50. The number of nitrogens with zero attached hydrogens (tertiary/aromatic N) is 2. The molecule has 0 radical (unpaired) electrons. The van der Waals surface area contributed by atoms with E-state index in [2.05, 4.69) is 0 Å². The fourth-order valence-corrected chi connectivity index (χ4v) is 5.12. The predicted octanol–water partition coefficient (Wildman–Crippen LogP) is 4.37. The van der Waals surface area contributed by atoms with Crippen molar-refractivity contribution in [2.24, 2.45) is 0 Å². The van der Waals surface area contributed by atoms with Crippen molar-refractivity contribution >= 4 is 11.6 Å². The van der Waals surface area contributed by atoms with Crippen LogP contribution in [0.2, 0.25) is 0 Å². The van der Waals surface area contributed by atoms with Gasteiger partial charge in [0, 0.05) is 49.4 Å². The summed E-state index contributed by atoms with van der Waals surface area (Å²) in [5.41, 5.74) is 1.46. The molecule has 1 saturated heterocycles. The van der Waals surface area contributed by atoms with Gasteiger partial charge in [-0.1, -0.05) is 54.1 Å². The van der Waals surface area contributed by atoms with E-state index in [-0.39, 0.29) is 18.1 Å². The molecule has 1 aliphatic heterocycles. The maximum absolute atomic E-state index is 14.1. The second-order valence-corrected chi connectivity index (χ2v) is 8.78. The molecule has 3 aromatic rings. The van der Waals surface area contributed by atoms with Gasteiger partial charge in [-0.2, -0.15) is 0 Å². The lowest BCUT2D eigenvalue weighted by molar-refractivity contribution is 0.0277. The molecule has 0 amide bonds. The van der Waals surface area contributed by atoms with Crippen LogP contribution in [-0.4, -0.2) is 47.5 Å². The molecule has 168 valence electrons. The Morgan fingerprint density at radius 1 is 0.818 bits per heavy atom. The van der Waals surface area contributed by atoms with Gasteiger partial charge in [0.25, 0.3) is 0 Å². The molecule has 5 rings (SSSR count). The van der Waals surface area contributed by atoms with Gasteiger partial charge in [-0.15, -0.1) is 0 Å². The van der Waals surface area contributed by atoms with Crippen molar-refractivity contribution < 1.29 is 18.4 Å². The fraction of sp³-hybridized carbons (Fsp3) is 0.259. The number of hydrogen-bond acceptors (Lipinski definition) is 4. The third-order valence-electron chi connectivity index (χ3n) is 6.76. The van der Waals surface area contributed by atoms with Crippen LogP contribution in [0.15, 0.2) is 66.7 Å². The van der Waals surface area contributed by atoms with Crippen LogP contribution < -0.4 is 0 Å². The van der Waals surface area contributed by atoms with E-state index in [0.717, 1.165) is 17.7 Å². The highest BCUT2D eigenvalue weighted by Gasteiger charge is 2.58. The highest BCUT2D eigenvalue weighted by molar-refractivity contribution is 6.32. The summed E-state index contributed by atoms with van der Waals surface area (Å²) in [5, 5.41) is 0. The van der Waals surface area contributed by atoms with Gasteiger partial charge in [-0.05, 0) is 30.7 Å². The molecule has 0 unspecified atom stereocenters. The first-order chi connectivity index (χ1) is 15.9. The molecule has 3 aromatic carbocycles. The Kier molecular flexibility index (Phi) is 5.43. The molecule has 0 N–H and O–H groups in total. The smallest absolute Gasteiger partial charge is 0.196 e. The van der Waals surface area contributed by atoms with Gasteiger partial charge in [-0.25, -0.2) is 8.78 Å². The van der Waals surface area contributed by atoms with E-state index in [0.29, 0.717) is 48.4 Å². The molecule has 0 aromatic heterocycles. The van der Waals surface area contributed by atoms with Crippen LogP contribution in [0.5, 0.6) is 0 Å². The standard InChI is InChI=1S/C27H24F2N2O2/c1-18-5-4-6-20(15-18)27(25(32)22-7-2-3-8-23(22)26(27)33)31-13-11-30(12-14-31)17-19-16-21(28)9-10-24(19)29/h2-10,15-16H,11-14,17H2,1H3. The number of fused-ring (bicyclic) bond motifs is 1.